The summed E-state index contributed by atoms with van der Waals surface area (Å²) in [4.78, 5) is 21.9. The van der Waals surface area contributed by atoms with E-state index in [2.05, 4.69) is 10.3 Å². The van der Waals surface area contributed by atoms with Gasteiger partial charge in [0.25, 0.3) is 0 Å². The zero-order valence-electron chi connectivity index (χ0n) is 10.5. The molecule has 0 saturated heterocycles. The van der Waals surface area contributed by atoms with Gasteiger partial charge in [-0.05, 0) is 12.1 Å². The van der Waals surface area contributed by atoms with Crippen LogP contribution in [0.3, 0.4) is 0 Å². The van der Waals surface area contributed by atoms with Gasteiger partial charge in [0.1, 0.15) is 18.0 Å². The van der Waals surface area contributed by atoms with Crippen molar-refractivity contribution in [1.29, 1.82) is 0 Å². The normalized spacial score (nSPS) is 10.2. The number of aromatic carboxylic acids is 1. The quantitative estimate of drug-likeness (QED) is 0.828. The summed E-state index contributed by atoms with van der Waals surface area (Å²) in [6, 6.07) is 6.57. The van der Waals surface area contributed by atoms with Crippen molar-refractivity contribution in [1.82, 2.24) is 15.0 Å². The first-order valence-electron chi connectivity index (χ1n) is 5.56. The number of aromatic nitrogens is 3. The van der Waals surface area contributed by atoms with E-state index in [-0.39, 0.29) is 11.4 Å². The van der Waals surface area contributed by atoms with Gasteiger partial charge in [0.15, 0.2) is 5.69 Å². The molecule has 1 aromatic carbocycles. The van der Waals surface area contributed by atoms with Crippen LogP contribution >= 0.6 is 0 Å². The van der Waals surface area contributed by atoms with E-state index < -0.39 is 18.5 Å². The second kappa shape index (κ2) is 5.39. The summed E-state index contributed by atoms with van der Waals surface area (Å²) in [5.41, 5.74) is 0.284. The molecule has 0 unspecified atom stereocenters. The average molecular weight is 277 g/mol. The molecule has 1 heterocycles. The van der Waals surface area contributed by atoms with Crippen molar-refractivity contribution in [3.8, 4) is 17.0 Å². The summed E-state index contributed by atoms with van der Waals surface area (Å²) >= 11 is 0. The maximum atomic E-state index is 11.2. The Morgan fingerprint density at radius 3 is 2.70 bits per heavy atom. The third-order valence-corrected chi connectivity index (χ3v) is 2.57. The maximum Gasteiger partial charge on any atom is 0.358 e. The van der Waals surface area contributed by atoms with Gasteiger partial charge >= 0.3 is 11.9 Å². The molecule has 0 saturated carbocycles. The third kappa shape index (κ3) is 2.58. The summed E-state index contributed by atoms with van der Waals surface area (Å²) < 4.78 is 6.09. The Bertz CT molecular complexity index is 665. The van der Waals surface area contributed by atoms with Crippen LogP contribution in [0.25, 0.3) is 11.3 Å². The topological polar surface area (TPSA) is 115 Å². The van der Waals surface area contributed by atoms with Gasteiger partial charge in [0.05, 0.1) is 7.11 Å². The van der Waals surface area contributed by atoms with E-state index in [1.165, 1.54) is 7.11 Å². The van der Waals surface area contributed by atoms with Gasteiger partial charge in [0, 0.05) is 5.56 Å². The molecule has 0 spiro atoms. The summed E-state index contributed by atoms with van der Waals surface area (Å²) in [7, 11) is 1.48. The maximum absolute atomic E-state index is 11.2. The first-order chi connectivity index (χ1) is 9.52. The van der Waals surface area contributed by atoms with Crippen LogP contribution in [0.1, 0.15) is 10.5 Å². The predicted molar refractivity (Wildman–Crippen MR) is 66.6 cm³/mol. The highest BCUT2D eigenvalue weighted by atomic mass is 16.5. The highest BCUT2D eigenvalue weighted by Crippen LogP contribution is 2.26. The monoisotopic (exact) mass is 277 g/mol. The molecule has 0 aliphatic heterocycles. The van der Waals surface area contributed by atoms with Crippen LogP contribution in [0.15, 0.2) is 24.3 Å². The highest BCUT2D eigenvalue weighted by molar-refractivity contribution is 5.93. The lowest BCUT2D eigenvalue weighted by Crippen LogP contribution is -2.12. The molecule has 2 rings (SSSR count). The molecular weight excluding hydrogens is 266 g/mol. The number of hydrogen-bond donors (Lipinski definition) is 2. The lowest BCUT2D eigenvalue weighted by atomic mass is 10.1. The lowest BCUT2D eigenvalue weighted by Gasteiger charge is -2.07. The number of hydrogen-bond acceptors (Lipinski definition) is 5. The second-order valence-electron chi connectivity index (χ2n) is 3.88. The van der Waals surface area contributed by atoms with Crippen molar-refractivity contribution in [3.05, 3.63) is 30.0 Å². The van der Waals surface area contributed by atoms with Crippen LogP contribution < -0.4 is 4.74 Å². The van der Waals surface area contributed by atoms with Crippen molar-refractivity contribution in [2.75, 3.05) is 7.11 Å². The second-order valence-corrected chi connectivity index (χ2v) is 3.88. The van der Waals surface area contributed by atoms with Gasteiger partial charge in [-0.25, -0.2) is 9.48 Å². The number of carboxylic acid groups (broad SMARTS) is 2. The fraction of sp³-hybridized carbons (Fsp3) is 0.167. The zero-order valence-corrected chi connectivity index (χ0v) is 10.5. The number of rotatable bonds is 5. The number of ether oxygens (including phenoxy) is 1. The van der Waals surface area contributed by atoms with Crippen LogP contribution in [-0.2, 0) is 11.3 Å². The average Bonchev–Trinajstić information content (AvgIpc) is 2.81. The first-order valence-corrected chi connectivity index (χ1v) is 5.56. The number of benzene rings is 1. The summed E-state index contributed by atoms with van der Waals surface area (Å²) in [5.74, 6) is -1.91. The summed E-state index contributed by atoms with van der Waals surface area (Å²) in [5, 5.41) is 25.0. The minimum atomic E-state index is -1.28. The lowest BCUT2D eigenvalue weighted by molar-refractivity contribution is -0.137. The van der Waals surface area contributed by atoms with Crippen LogP contribution in [0.5, 0.6) is 5.75 Å². The van der Waals surface area contributed by atoms with Crippen LogP contribution in [0, 0.1) is 0 Å². The van der Waals surface area contributed by atoms with Crippen molar-refractivity contribution >= 4 is 11.9 Å². The molecular formula is C12H11N3O5. The van der Waals surface area contributed by atoms with Crippen LogP contribution in [-0.4, -0.2) is 44.3 Å². The Labute approximate surface area is 113 Å². The fourth-order valence-electron chi connectivity index (χ4n) is 1.75. The van der Waals surface area contributed by atoms with E-state index >= 15 is 0 Å². The van der Waals surface area contributed by atoms with Gasteiger partial charge < -0.3 is 14.9 Å². The van der Waals surface area contributed by atoms with Gasteiger partial charge in [-0.1, -0.05) is 17.3 Å². The molecule has 0 amide bonds. The van der Waals surface area contributed by atoms with Gasteiger partial charge in [-0.3, -0.25) is 4.79 Å². The SMILES string of the molecule is COc1cccc(-c2c(C(=O)O)nnn2CC(=O)O)c1. The van der Waals surface area contributed by atoms with E-state index in [4.69, 9.17) is 14.9 Å². The Balaban J connectivity index is 2.59. The standard InChI is InChI=1S/C12H11N3O5/c1-20-8-4-2-3-7(5-8)11-10(12(18)19)13-14-15(11)6-9(16)17/h2-5H,6H2,1H3,(H,16,17)(H,18,19). The number of carbonyl (C=O) groups is 2. The molecule has 0 aliphatic carbocycles. The molecule has 0 fully saturated rings. The molecule has 2 N–H and O–H groups in total. The highest BCUT2D eigenvalue weighted by Gasteiger charge is 2.22. The van der Waals surface area contributed by atoms with Gasteiger partial charge in [-0.15, -0.1) is 5.10 Å². The summed E-state index contributed by atoms with van der Waals surface area (Å²) in [6.45, 7) is -0.479. The van der Waals surface area contributed by atoms with Crippen molar-refractivity contribution in [3.63, 3.8) is 0 Å². The first kappa shape index (κ1) is 13.5. The summed E-state index contributed by atoms with van der Waals surface area (Å²) in [6.07, 6.45) is 0. The van der Waals surface area contributed by atoms with Crippen LogP contribution in [0.2, 0.25) is 0 Å². The molecule has 8 heteroatoms. The van der Waals surface area contributed by atoms with Gasteiger partial charge in [-0.2, -0.15) is 0 Å². The number of aliphatic carboxylic acids is 1. The Hall–Kier alpha value is -2.90. The number of methoxy groups -OCH3 is 1. The molecule has 0 bridgehead atoms. The van der Waals surface area contributed by atoms with E-state index in [1.807, 2.05) is 0 Å². The Morgan fingerprint density at radius 1 is 1.35 bits per heavy atom. The molecule has 20 heavy (non-hydrogen) atoms. The molecule has 8 nitrogen and oxygen atoms in total. The van der Waals surface area contributed by atoms with E-state index in [0.29, 0.717) is 11.3 Å². The van der Waals surface area contributed by atoms with Crippen LogP contribution in [0.4, 0.5) is 0 Å². The zero-order chi connectivity index (χ0) is 14.7. The smallest absolute Gasteiger partial charge is 0.358 e. The van der Waals surface area contributed by atoms with Gasteiger partial charge in [0.2, 0.25) is 0 Å². The molecule has 2 aromatic rings. The molecule has 1 aromatic heterocycles. The molecule has 0 radical (unpaired) electrons. The van der Waals surface area contributed by atoms with Crippen molar-refractivity contribution in [2.45, 2.75) is 6.54 Å². The number of nitrogens with zero attached hydrogens (tertiary/aromatic N) is 3. The van der Waals surface area contributed by atoms with E-state index in [0.717, 1.165) is 4.68 Å². The number of carboxylic acids is 2. The van der Waals surface area contributed by atoms with Crippen molar-refractivity contribution in [2.24, 2.45) is 0 Å². The largest absolute Gasteiger partial charge is 0.497 e. The van der Waals surface area contributed by atoms with E-state index in [9.17, 15) is 9.59 Å². The fourth-order valence-corrected chi connectivity index (χ4v) is 1.75. The Morgan fingerprint density at radius 2 is 2.10 bits per heavy atom. The third-order valence-electron chi connectivity index (χ3n) is 2.57. The van der Waals surface area contributed by atoms with Crippen molar-refractivity contribution < 1.29 is 24.5 Å². The minimum absolute atomic E-state index is 0.124. The molecule has 0 atom stereocenters. The molecule has 104 valence electrons. The molecule has 0 aliphatic rings. The Kier molecular flexibility index (Phi) is 3.65. The predicted octanol–water partition coefficient (Wildman–Crippen LogP) is 0.736. The van der Waals surface area contributed by atoms with E-state index in [1.54, 1.807) is 24.3 Å². The minimum Gasteiger partial charge on any atom is -0.497 e.